The van der Waals surface area contributed by atoms with Gasteiger partial charge in [0.2, 0.25) is 0 Å². The third-order valence-electron chi connectivity index (χ3n) is 2.25. The van der Waals surface area contributed by atoms with Gasteiger partial charge in [-0.15, -0.1) is 0 Å². The van der Waals surface area contributed by atoms with E-state index in [1.165, 1.54) is 0 Å². The van der Waals surface area contributed by atoms with Crippen LogP contribution in [0.15, 0.2) is 22.7 Å². The standard InChI is InChI=1S/C10H9BrClNO2/c11-8-1-2-9-7(5-8)6-13(10(12)14)3-4-15-9/h1-2,5H,3-4,6H2. The van der Waals surface area contributed by atoms with Gasteiger partial charge in [0.25, 0.3) is 0 Å². The summed E-state index contributed by atoms with van der Waals surface area (Å²) in [6, 6.07) is 5.74. The van der Waals surface area contributed by atoms with Gasteiger partial charge in [0, 0.05) is 10.0 Å². The van der Waals surface area contributed by atoms with Gasteiger partial charge in [0.1, 0.15) is 12.4 Å². The molecule has 1 amide bonds. The van der Waals surface area contributed by atoms with Crippen molar-refractivity contribution in [2.75, 3.05) is 13.2 Å². The number of rotatable bonds is 0. The number of hydrogen-bond donors (Lipinski definition) is 0. The quantitative estimate of drug-likeness (QED) is 0.543. The Labute approximate surface area is 101 Å². The third kappa shape index (κ3) is 2.44. The number of benzene rings is 1. The number of hydrogen-bond acceptors (Lipinski definition) is 2. The van der Waals surface area contributed by atoms with Gasteiger partial charge in [0.05, 0.1) is 13.1 Å². The van der Waals surface area contributed by atoms with Crippen LogP contribution in [0.1, 0.15) is 5.56 Å². The molecule has 2 rings (SSSR count). The molecule has 0 fully saturated rings. The number of carbonyl (C=O) groups is 1. The highest BCUT2D eigenvalue weighted by atomic mass is 79.9. The molecule has 80 valence electrons. The van der Waals surface area contributed by atoms with Gasteiger partial charge >= 0.3 is 5.37 Å². The zero-order valence-electron chi connectivity index (χ0n) is 7.87. The first-order chi connectivity index (χ1) is 7.16. The van der Waals surface area contributed by atoms with Crippen LogP contribution in [0.3, 0.4) is 0 Å². The van der Waals surface area contributed by atoms with Crippen LogP contribution >= 0.6 is 27.5 Å². The summed E-state index contributed by atoms with van der Waals surface area (Å²) in [5.74, 6) is 0.818. The van der Waals surface area contributed by atoms with E-state index in [-0.39, 0.29) is 0 Å². The molecule has 5 heteroatoms. The van der Waals surface area contributed by atoms with Crippen molar-refractivity contribution in [1.29, 1.82) is 0 Å². The van der Waals surface area contributed by atoms with Gasteiger partial charge in [-0.2, -0.15) is 0 Å². The van der Waals surface area contributed by atoms with Crippen molar-refractivity contribution in [2.45, 2.75) is 6.54 Å². The molecule has 0 spiro atoms. The van der Waals surface area contributed by atoms with Crippen molar-refractivity contribution in [1.82, 2.24) is 4.90 Å². The molecule has 1 aromatic rings. The van der Waals surface area contributed by atoms with Crippen molar-refractivity contribution in [2.24, 2.45) is 0 Å². The van der Waals surface area contributed by atoms with E-state index in [9.17, 15) is 4.79 Å². The zero-order chi connectivity index (χ0) is 10.8. The molecular weight excluding hydrogens is 281 g/mol. The first-order valence-electron chi connectivity index (χ1n) is 4.52. The maximum atomic E-state index is 11.1. The second-order valence-corrected chi connectivity index (χ2v) is 4.51. The van der Waals surface area contributed by atoms with E-state index >= 15 is 0 Å². The molecule has 0 aliphatic carbocycles. The van der Waals surface area contributed by atoms with Gasteiger partial charge in [0.15, 0.2) is 0 Å². The predicted octanol–water partition coefficient (Wildman–Crippen LogP) is 3.00. The molecule has 0 atom stereocenters. The number of carbonyl (C=O) groups excluding carboxylic acids is 1. The predicted molar refractivity (Wildman–Crippen MR) is 61.3 cm³/mol. The van der Waals surface area contributed by atoms with Crippen LogP contribution in [0.4, 0.5) is 4.79 Å². The van der Waals surface area contributed by atoms with Gasteiger partial charge in [-0.25, -0.2) is 0 Å². The first-order valence-corrected chi connectivity index (χ1v) is 5.69. The Morgan fingerprint density at radius 3 is 3.07 bits per heavy atom. The van der Waals surface area contributed by atoms with Crippen LogP contribution in [0.5, 0.6) is 5.75 Å². The molecular formula is C10H9BrClNO2. The Hall–Kier alpha value is -0.740. The summed E-state index contributed by atoms with van der Waals surface area (Å²) in [6.45, 7) is 1.50. The number of fused-ring (bicyclic) bond motifs is 1. The molecule has 15 heavy (non-hydrogen) atoms. The van der Waals surface area contributed by atoms with Gasteiger partial charge in [-0.3, -0.25) is 4.79 Å². The highest BCUT2D eigenvalue weighted by Gasteiger charge is 2.18. The van der Waals surface area contributed by atoms with Crippen LogP contribution in [0, 0.1) is 0 Å². The van der Waals surface area contributed by atoms with Crippen molar-refractivity contribution >= 4 is 32.9 Å². The highest BCUT2D eigenvalue weighted by Crippen LogP contribution is 2.26. The van der Waals surface area contributed by atoms with Gasteiger partial charge in [-0.1, -0.05) is 15.9 Å². The molecule has 1 heterocycles. The Bertz CT molecular complexity index is 397. The molecule has 0 N–H and O–H groups in total. The average molecular weight is 291 g/mol. The van der Waals surface area contributed by atoms with Crippen LogP contribution < -0.4 is 4.74 Å². The minimum atomic E-state index is -0.438. The summed E-state index contributed by atoms with van der Waals surface area (Å²) in [5.41, 5.74) is 0.968. The topological polar surface area (TPSA) is 29.5 Å². The van der Waals surface area contributed by atoms with E-state index in [1.54, 1.807) is 4.90 Å². The number of ether oxygens (including phenoxy) is 1. The van der Waals surface area contributed by atoms with E-state index in [4.69, 9.17) is 16.3 Å². The lowest BCUT2D eigenvalue weighted by atomic mass is 10.2. The van der Waals surface area contributed by atoms with Crippen molar-refractivity contribution in [3.63, 3.8) is 0 Å². The lowest BCUT2D eigenvalue weighted by Gasteiger charge is -2.15. The fraction of sp³-hybridized carbons (Fsp3) is 0.300. The summed E-state index contributed by atoms with van der Waals surface area (Å²) in [6.07, 6.45) is 0. The SMILES string of the molecule is O=C(Cl)N1CCOc2ccc(Br)cc2C1. The third-order valence-corrected chi connectivity index (χ3v) is 2.98. The van der Waals surface area contributed by atoms with Crippen LogP contribution in [-0.2, 0) is 6.54 Å². The minimum Gasteiger partial charge on any atom is -0.491 e. The first kappa shape index (κ1) is 10.8. The van der Waals surface area contributed by atoms with E-state index < -0.39 is 5.37 Å². The zero-order valence-corrected chi connectivity index (χ0v) is 10.2. The van der Waals surface area contributed by atoms with E-state index in [0.29, 0.717) is 19.7 Å². The molecule has 1 aliphatic heterocycles. The monoisotopic (exact) mass is 289 g/mol. The number of amides is 1. The molecule has 0 radical (unpaired) electrons. The number of nitrogens with zero attached hydrogens (tertiary/aromatic N) is 1. The second-order valence-electron chi connectivity index (χ2n) is 3.28. The lowest BCUT2D eigenvalue weighted by molar-refractivity contribution is 0.210. The molecule has 3 nitrogen and oxygen atoms in total. The molecule has 0 unspecified atom stereocenters. The lowest BCUT2D eigenvalue weighted by Crippen LogP contribution is -2.27. The molecule has 0 saturated heterocycles. The van der Waals surface area contributed by atoms with Crippen LogP contribution in [0.2, 0.25) is 0 Å². The summed E-state index contributed by atoms with van der Waals surface area (Å²) in [5, 5.41) is -0.438. The summed E-state index contributed by atoms with van der Waals surface area (Å²) in [7, 11) is 0. The largest absolute Gasteiger partial charge is 0.491 e. The van der Waals surface area contributed by atoms with Crippen molar-refractivity contribution in [3.05, 3.63) is 28.2 Å². The van der Waals surface area contributed by atoms with Crippen molar-refractivity contribution < 1.29 is 9.53 Å². The maximum Gasteiger partial charge on any atom is 0.316 e. The molecule has 1 aliphatic rings. The van der Waals surface area contributed by atoms with Crippen LogP contribution in [-0.4, -0.2) is 23.4 Å². The highest BCUT2D eigenvalue weighted by molar-refractivity contribution is 9.10. The summed E-state index contributed by atoms with van der Waals surface area (Å²) in [4.78, 5) is 12.6. The Balaban J connectivity index is 2.31. The van der Waals surface area contributed by atoms with Crippen molar-refractivity contribution in [3.8, 4) is 5.75 Å². The Morgan fingerprint density at radius 2 is 2.33 bits per heavy atom. The normalized spacial score (nSPS) is 15.2. The van der Waals surface area contributed by atoms with Gasteiger partial charge < -0.3 is 9.64 Å². The molecule has 1 aromatic carbocycles. The maximum absolute atomic E-state index is 11.1. The van der Waals surface area contributed by atoms with E-state index in [2.05, 4.69) is 15.9 Å². The Morgan fingerprint density at radius 1 is 1.53 bits per heavy atom. The summed E-state index contributed by atoms with van der Waals surface area (Å²) >= 11 is 8.84. The fourth-order valence-electron chi connectivity index (χ4n) is 1.51. The molecule has 0 bridgehead atoms. The smallest absolute Gasteiger partial charge is 0.316 e. The molecule has 0 aromatic heterocycles. The van der Waals surface area contributed by atoms with E-state index in [0.717, 1.165) is 15.8 Å². The summed E-state index contributed by atoms with van der Waals surface area (Å²) < 4.78 is 6.48. The average Bonchev–Trinajstić information content (AvgIpc) is 2.39. The second kappa shape index (κ2) is 4.41. The Kier molecular flexibility index (Phi) is 3.17. The van der Waals surface area contributed by atoms with E-state index in [1.807, 2.05) is 18.2 Å². The molecule has 0 saturated carbocycles. The minimum absolute atomic E-state index is 0.438. The van der Waals surface area contributed by atoms with Crippen LogP contribution in [0.25, 0.3) is 0 Å². The van der Waals surface area contributed by atoms with Gasteiger partial charge in [-0.05, 0) is 29.8 Å². The number of halogens is 2. The fourth-order valence-corrected chi connectivity index (χ4v) is 2.07.